The molecule has 0 aromatic heterocycles. The first kappa shape index (κ1) is 10.5. The molecular formula is C10H13FN2O. The first-order valence-electron chi connectivity index (χ1n) is 4.30. The molecule has 0 aliphatic heterocycles. The van der Waals surface area contributed by atoms with Crippen molar-refractivity contribution < 1.29 is 9.18 Å². The predicted molar refractivity (Wildman–Crippen MR) is 54.0 cm³/mol. The van der Waals surface area contributed by atoms with Crippen molar-refractivity contribution in [2.75, 3.05) is 12.4 Å². The summed E-state index contributed by atoms with van der Waals surface area (Å²) in [5, 5.41) is 4.80. The minimum Gasteiger partial charge on any atom is -0.341 e. The van der Waals surface area contributed by atoms with Gasteiger partial charge in [-0.25, -0.2) is 9.18 Å². The molecule has 0 bridgehead atoms. The Labute approximate surface area is 82.3 Å². The van der Waals surface area contributed by atoms with Crippen molar-refractivity contribution in [2.45, 2.75) is 13.8 Å². The maximum atomic E-state index is 13.4. The van der Waals surface area contributed by atoms with E-state index < -0.39 is 11.8 Å². The van der Waals surface area contributed by atoms with Crippen LogP contribution in [-0.4, -0.2) is 13.1 Å². The van der Waals surface area contributed by atoms with Crippen LogP contribution in [0.15, 0.2) is 12.1 Å². The first-order chi connectivity index (χ1) is 6.54. The highest BCUT2D eigenvalue weighted by atomic mass is 19.1. The lowest BCUT2D eigenvalue weighted by Gasteiger charge is -2.09. The fraction of sp³-hybridized carbons (Fsp3) is 0.300. The standard InChI is InChI=1S/C10H13FN2O/c1-6-4-7(2)9(8(11)5-6)13-10(14)12-3/h4-5H,1-3H3,(H2,12,13,14). The number of aryl methyl sites for hydroxylation is 2. The zero-order chi connectivity index (χ0) is 10.7. The van der Waals surface area contributed by atoms with Gasteiger partial charge in [-0.2, -0.15) is 0 Å². The Morgan fingerprint density at radius 3 is 2.50 bits per heavy atom. The molecule has 0 heterocycles. The van der Waals surface area contributed by atoms with Crippen molar-refractivity contribution in [1.82, 2.24) is 5.32 Å². The highest BCUT2D eigenvalue weighted by Crippen LogP contribution is 2.20. The number of hydrogen-bond acceptors (Lipinski definition) is 1. The molecular weight excluding hydrogens is 183 g/mol. The smallest absolute Gasteiger partial charge is 0.319 e. The number of nitrogens with one attached hydrogen (secondary N) is 2. The molecule has 2 amide bonds. The quantitative estimate of drug-likeness (QED) is 0.710. The number of amides is 2. The number of rotatable bonds is 1. The second-order valence-electron chi connectivity index (χ2n) is 3.14. The average molecular weight is 196 g/mol. The van der Waals surface area contributed by atoms with E-state index >= 15 is 0 Å². The van der Waals surface area contributed by atoms with Crippen LogP contribution in [0.25, 0.3) is 0 Å². The topological polar surface area (TPSA) is 41.1 Å². The minimum absolute atomic E-state index is 0.231. The SMILES string of the molecule is CNC(=O)Nc1c(C)cc(C)cc1F. The molecule has 14 heavy (non-hydrogen) atoms. The van der Waals surface area contributed by atoms with Gasteiger partial charge in [0.25, 0.3) is 0 Å². The van der Waals surface area contributed by atoms with Crippen LogP contribution in [0.3, 0.4) is 0 Å². The van der Waals surface area contributed by atoms with Crippen LogP contribution in [0, 0.1) is 19.7 Å². The number of benzene rings is 1. The molecule has 3 nitrogen and oxygen atoms in total. The third-order valence-corrected chi connectivity index (χ3v) is 1.90. The fourth-order valence-corrected chi connectivity index (χ4v) is 1.25. The lowest BCUT2D eigenvalue weighted by molar-refractivity contribution is 0.254. The Morgan fingerprint density at radius 1 is 1.36 bits per heavy atom. The van der Waals surface area contributed by atoms with Gasteiger partial charge in [0.1, 0.15) is 5.82 Å². The molecule has 0 unspecified atom stereocenters. The highest BCUT2D eigenvalue weighted by molar-refractivity contribution is 5.90. The highest BCUT2D eigenvalue weighted by Gasteiger charge is 2.08. The summed E-state index contributed by atoms with van der Waals surface area (Å²) in [6.07, 6.45) is 0. The van der Waals surface area contributed by atoms with E-state index in [4.69, 9.17) is 0 Å². The summed E-state index contributed by atoms with van der Waals surface area (Å²) in [7, 11) is 1.48. The number of halogens is 1. The van der Waals surface area contributed by atoms with Crippen molar-refractivity contribution in [3.63, 3.8) is 0 Å². The summed E-state index contributed by atoms with van der Waals surface area (Å²) in [5.74, 6) is -0.411. The van der Waals surface area contributed by atoms with Gasteiger partial charge < -0.3 is 10.6 Å². The van der Waals surface area contributed by atoms with E-state index in [1.54, 1.807) is 13.8 Å². The molecule has 0 aliphatic rings. The molecule has 0 fully saturated rings. The normalized spacial score (nSPS) is 9.71. The molecule has 1 aromatic carbocycles. The molecule has 1 aromatic rings. The minimum atomic E-state index is -0.421. The van der Waals surface area contributed by atoms with Crippen LogP contribution in [0.2, 0.25) is 0 Å². The van der Waals surface area contributed by atoms with Gasteiger partial charge in [0.2, 0.25) is 0 Å². The molecule has 2 N–H and O–H groups in total. The third-order valence-electron chi connectivity index (χ3n) is 1.90. The van der Waals surface area contributed by atoms with Gasteiger partial charge in [0.15, 0.2) is 0 Å². The van der Waals surface area contributed by atoms with Crippen LogP contribution in [0.1, 0.15) is 11.1 Å². The lowest BCUT2D eigenvalue weighted by atomic mass is 10.1. The van der Waals surface area contributed by atoms with Crippen molar-refractivity contribution in [3.05, 3.63) is 29.1 Å². The van der Waals surface area contributed by atoms with Gasteiger partial charge in [-0.05, 0) is 31.0 Å². The number of carbonyl (C=O) groups is 1. The maximum absolute atomic E-state index is 13.4. The summed E-state index contributed by atoms with van der Waals surface area (Å²) in [6, 6.07) is 2.78. The van der Waals surface area contributed by atoms with E-state index in [0.717, 1.165) is 5.56 Å². The molecule has 1 rings (SSSR count). The second-order valence-corrected chi connectivity index (χ2v) is 3.14. The molecule has 76 valence electrons. The summed E-state index contributed by atoms with van der Waals surface area (Å²) < 4.78 is 13.4. The van der Waals surface area contributed by atoms with Crippen LogP contribution >= 0.6 is 0 Å². The van der Waals surface area contributed by atoms with Crippen LogP contribution in [0.5, 0.6) is 0 Å². The number of hydrogen-bond donors (Lipinski definition) is 2. The third kappa shape index (κ3) is 2.22. The Hall–Kier alpha value is -1.58. The van der Waals surface area contributed by atoms with Crippen molar-refractivity contribution in [2.24, 2.45) is 0 Å². The van der Waals surface area contributed by atoms with Gasteiger partial charge in [-0.15, -0.1) is 0 Å². The molecule has 0 saturated carbocycles. The zero-order valence-corrected chi connectivity index (χ0v) is 8.44. The summed E-state index contributed by atoms with van der Waals surface area (Å²) >= 11 is 0. The van der Waals surface area contributed by atoms with Crippen molar-refractivity contribution >= 4 is 11.7 Å². The monoisotopic (exact) mass is 196 g/mol. The zero-order valence-electron chi connectivity index (χ0n) is 8.44. The number of urea groups is 1. The van der Waals surface area contributed by atoms with Gasteiger partial charge >= 0.3 is 6.03 Å². The van der Waals surface area contributed by atoms with E-state index in [2.05, 4.69) is 10.6 Å². The van der Waals surface area contributed by atoms with E-state index in [0.29, 0.717) is 5.56 Å². The van der Waals surface area contributed by atoms with Gasteiger partial charge in [0, 0.05) is 7.05 Å². The van der Waals surface area contributed by atoms with Gasteiger partial charge in [0.05, 0.1) is 5.69 Å². The second kappa shape index (κ2) is 4.09. The fourth-order valence-electron chi connectivity index (χ4n) is 1.25. The molecule has 0 atom stereocenters. The van der Waals surface area contributed by atoms with Crippen molar-refractivity contribution in [3.8, 4) is 0 Å². The van der Waals surface area contributed by atoms with E-state index in [1.807, 2.05) is 6.07 Å². The first-order valence-corrected chi connectivity index (χ1v) is 4.30. The summed E-state index contributed by atoms with van der Waals surface area (Å²) in [5.41, 5.74) is 1.78. The molecule has 0 saturated heterocycles. The van der Waals surface area contributed by atoms with Gasteiger partial charge in [-0.1, -0.05) is 6.07 Å². The van der Waals surface area contributed by atoms with Crippen LogP contribution in [0.4, 0.5) is 14.9 Å². The Kier molecular flexibility index (Phi) is 3.06. The Balaban J connectivity index is 3.02. The lowest BCUT2D eigenvalue weighted by Crippen LogP contribution is -2.25. The summed E-state index contributed by atoms with van der Waals surface area (Å²) in [4.78, 5) is 11.0. The average Bonchev–Trinajstić information content (AvgIpc) is 2.10. The maximum Gasteiger partial charge on any atom is 0.319 e. The molecule has 0 spiro atoms. The molecule has 0 radical (unpaired) electrons. The molecule has 4 heteroatoms. The van der Waals surface area contributed by atoms with Crippen molar-refractivity contribution in [1.29, 1.82) is 0 Å². The van der Waals surface area contributed by atoms with Crippen LogP contribution < -0.4 is 10.6 Å². The molecule has 0 aliphatic carbocycles. The van der Waals surface area contributed by atoms with E-state index in [9.17, 15) is 9.18 Å². The number of carbonyl (C=O) groups excluding carboxylic acids is 1. The Morgan fingerprint density at radius 2 is 2.00 bits per heavy atom. The van der Waals surface area contributed by atoms with E-state index in [1.165, 1.54) is 13.1 Å². The predicted octanol–water partition coefficient (Wildman–Crippen LogP) is 2.19. The largest absolute Gasteiger partial charge is 0.341 e. The van der Waals surface area contributed by atoms with Crippen LogP contribution in [-0.2, 0) is 0 Å². The van der Waals surface area contributed by atoms with Gasteiger partial charge in [-0.3, -0.25) is 0 Å². The van der Waals surface area contributed by atoms with E-state index in [-0.39, 0.29) is 5.69 Å². The Bertz CT molecular complexity index is 340. The number of anilines is 1. The summed E-state index contributed by atoms with van der Waals surface area (Å²) in [6.45, 7) is 3.56.